The standard InChI is InChI=1S/C19H17ClF2N2O5S/c1-3-15-18(25)23-14-9-11(20)10-16(17(14)28-15)30(26,27)24-12-5-7-13(8-6-12)29-19(21,22)4-2/h4-10,15,24H,2-3H2,1H3,(H,23,25). The number of hydrogen-bond donors (Lipinski definition) is 2. The third-order valence-electron chi connectivity index (χ3n) is 4.09. The molecule has 1 amide bonds. The highest BCUT2D eigenvalue weighted by Gasteiger charge is 2.32. The van der Waals surface area contributed by atoms with Crippen molar-refractivity contribution in [1.29, 1.82) is 0 Å². The van der Waals surface area contributed by atoms with Crippen LogP contribution in [0.25, 0.3) is 0 Å². The quantitative estimate of drug-likeness (QED) is 0.599. The van der Waals surface area contributed by atoms with Gasteiger partial charge >= 0.3 is 6.11 Å². The molecule has 0 aromatic heterocycles. The van der Waals surface area contributed by atoms with Crippen molar-refractivity contribution in [3.05, 3.63) is 54.1 Å². The monoisotopic (exact) mass is 458 g/mol. The number of amides is 1. The third-order valence-corrected chi connectivity index (χ3v) is 5.69. The zero-order valence-electron chi connectivity index (χ0n) is 15.6. The Balaban J connectivity index is 1.90. The summed E-state index contributed by atoms with van der Waals surface area (Å²) >= 11 is 6.01. The maximum atomic E-state index is 13.2. The molecule has 3 rings (SSSR count). The largest absolute Gasteiger partial charge is 0.477 e. The van der Waals surface area contributed by atoms with Crippen molar-refractivity contribution in [3.63, 3.8) is 0 Å². The Morgan fingerprint density at radius 1 is 1.33 bits per heavy atom. The molecule has 0 fully saturated rings. The van der Waals surface area contributed by atoms with Crippen molar-refractivity contribution in [2.45, 2.75) is 30.5 Å². The van der Waals surface area contributed by atoms with Crippen molar-refractivity contribution in [3.8, 4) is 11.5 Å². The minimum Gasteiger partial charge on any atom is -0.477 e. The van der Waals surface area contributed by atoms with Gasteiger partial charge in [0, 0.05) is 16.8 Å². The van der Waals surface area contributed by atoms with Gasteiger partial charge in [0.2, 0.25) is 0 Å². The first kappa shape index (κ1) is 21.8. The molecule has 1 heterocycles. The van der Waals surface area contributed by atoms with Gasteiger partial charge < -0.3 is 14.8 Å². The van der Waals surface area contributed by atoms with E-state index < -0.39 is 28.1 Å². The normalized spacial score (nSPS) is 16.1. The summed E-state index contributed by atoms with van der Waals surface area (Å²) in [6.45, 7) is 4.69. The molecule has 0 bridgehead atoms. The zero-order valence-corrected chi connectivity index (χ0v) is 17.2. The average Bonchev–Trinajstić information content (AvgIpc) is 2.68. The highest BCUT2D eigenvalue weighted by molar-refractivity contribution is 7.92. The number of halogens is 3. The van der Waals surface area contributed by atoms with E-state index in [1.54, 1.807) is 6.92 Å². The van der Waals surface area contributed by atoms with Crippen LogP contribution in [0.2, 0.25) is 5.02 Å². The van der Waals surface area contributed by atoms with E-state index in [0.29, 0.717) is 12.5 Å². The minimum absolute atomic E-state index is 0.0380. The number of carbonyl (C=O) groups excluding carboxylic acids is 1. The van der Waals surface area contributed by atoms with E-state index in [-0.39, 0.29) is 32.8 Å². The first-order valence-corrected chi connectivity index (χ1v) is 10.5. The number of sulfonamides is 1. The molecule has 1 atom stereocenters. The maximum absolute atomic E-state index is 13.2. The van der Waals surface area contributed by atoms with Crippen LogP contribution in [0.5, 0.6) is 11.5 Å². The summed E-state index contributed by atoms with van der Waals surface area (Å²) in [5.41, 5.74) is 0.220. The fourth-order valence-electron chi connectivity index (χ4n) is 2.66. The predicted molar refractivity (Wildman–Crippen MR) is 108 cm³/mol. The number of benzene rings is 2. The summed E-state index contributed by atoms with van der Waals surface area (Å²) < 4.78 is 64.6. The number of nitrogens with one attached hydrogen (secondary N) is 2. The lowest BCUT2D eigenvalue weighted by molar-refractivity contribution is -0.131. The van der Waals surface area contributed by atoms with Crippen LogP contribution in [-0.2, 0) is 14.8 Å². The van der Waals surface area contributed by atoms with Crippen molar-refractivity contribution < 1.29 is 31.5 Å². The van der Waals surface area contributed by atoms with Crippen LogP contribution in [0.15, 0.2) is 53.9 Å². The minimum atomic E-state index is -4.19. The zero-order chi connectivity index (χ0) is 22.1. The Hall–Kier alpha value is -2.85. The molecule has 11 heteroatoms. The smallest absolute Gasteiger partial charge is 0.419 e. The van der Waals surface area contributed by atoms with E-state index in [4.69, 9.17) is 16.3 Å². The molecular weight excluding hydrogens is 442 g/mol. The van der Waals surface area contributed by atoms with E-state index >= 15 is 0 Å². The number of rotatable bonds is 7. The molecule has 2 N–H and O–H groups in total. The van der Waals surface area contributed by atoms with Crippen LogP contribution in [0.3, 0.4) is 0 Å². The van der Waals surface area contributed by atoms with Gasteiger partial charge in [-0.15, -0.1) is 0 Å². The van der Waals surface area contributed by atoms with Crippen molar-refractivity contribution in [1.82, 2.24) is 0 Å². The first-order valence-electron chi connectivity index (χ1n) is 8.69. The Bertz CT molecular complexity index is 1090. The highest BCUT2D eigenvalue weighted by Crippen LogP contribution is 2.40. The Kier molecular flexibility index (Phi) is 5.91. The molecule has 1 aliphatic heterocycles. The van der Waals surface area contributed by atoms with Crippen molar-refractivity contribution in [2.75, 3.05) is 10.0 Å². The summed E-state index contributed by atoms with van der Waals surface area (Å²) in [6, 6.07) is 7.42. The molecule has 2 aromatic carbocycles. The molecule has 0 saturated carbocycles. The van der Waals surface area contributed by atoms with E-state index in [1.807, 2.05) is 0 Å². The van der Waals surface area contributed by atoms with Crippen LogP contribution in [0.1, 0.15) is 13.3 Å². The van der Waals surface area contributed by atoms with Gasteiger partial charge in [-0.2, -0.15) is 8.78 Å². The van der Waals surface area contributed by atoms with Crippen LogP contribution in [0.4, 0.5) is 20.2 Å². The van der Waals surface area contributed by atoms with Crippen LogP contribution in [-0.4, -0.2) is 26.5 Å². The molecule has 2 aromatic rings. The van der Waals surface area contributed by atoms with Gasteiger partial charge in [-0.3, -0.25) is 9.52 Å². The molecule has 0 spiro atoms. The van der Waals surface area contributed by atoms with Gasteiger partial charge in [0.05, 0.1) is 5.69 Å². The SMILES string of the molecule is C=CC(F)(F)Oc1ccc(NS(=O)(=O)c2cc(Cl)cc3c2OC(CC)C(=O)N3)cc1. The maximum Gasteiger partial charge on any atom is 0.419 e. The second kappa shape index (κ2) is 8.11. The first-order chi connectivity index (χ1) is 14.0. The van der Waals surface area contributed by atoms with E-state index in [1.165, 1.54) is 36.4 Å². The molecule has 30 heavy (non-hydrogen) atoms. The predicted octanol–water partition coefficient (Wildman–Crippen LogP) is 4.41. The van der Waals surface area contributed by atoms with E-state index in [0.717, 1.165) is 0 Å². The Labute approximate surface area is 176 Å². The third kappa shape index (κ3) is 4.65. The van der Waals surface area contributed by atoms with Crippen LogP contribution < -0.4 is 19.5 Å². The molecule has 7 nitrogen and oxygen atoms in total. The number of fused-ring (bicyclic) bond motifs is 1. The van der Waals surface area contributed by atoms with Crippen LogP contribution >= 0.6 is 11.6 Å². The molecule has 160 valence electrons. The topological polar surface area (TPSA) is 93.7 Å². The molecule has 0 radical (unpaired) electrons. The Morgan fingerprint density at radius 3 is 2.60 bits per heavy atom. The average molecular weight is 459 g/mol. The van der Waals surface area contributed by atoms with E-state index in [9.17, 15) is 22.0 Å². The number of anilines is 2. The second-order valence-electron chi connectivity index (χ2n) is 6.28. The summed E-state index contributed by atoms with van der Waals surface area (Å²) in [5, 5.41) is 2.65. The summed E-state index contributed by atoms with van der Waals surface area (Å²) in [5.74, 6) is -0.626. The fraction of sp³-hybridized carbons (Fsp3) is 0.211. The van der Waals surface area contributed by atoms with Gasteiger partial charge in [-0.25, -0.2) is 8.42 Å². The van der Waals surface area contributed by atoms with Crippen molar-refractivity contribution in [2.24, 2.45) is 0 Å². The molecule has 0 saturated heterocycles. The van der Waals surface area contributed by atoms with Gasteiger partial charge in [-0.05, 0) is 42.8 Å². The summed E-state index contributed by atoms with van der Waals surface area (Å²) in [6.07, 6.45) is -3.74. The van der Waals surface area contributed by atoms with Crippen molar-refractivity contribution >= 4 is 38.9 Å². The number of alkyl halides is 2. The Morgan fingerprint density at radius 2 is 2.00 bits per heavy atom. The fourth-order valence-corrected chi connectivity index (χ4v) is 4.18. The molecule has 1 aliphatic rings. The lowest BCUT2D eigenvalue weighted by atomic mass is 10.2. The van der Waals surface area contributed by atoms with Gasteiger partial charge in [0.15, 0.2) is 11.9 Å². The number of hydrogen-bond acceptors (Lipinski definition) is 5. The molecule has 1 unspecified atom stereocenters. The number of ether oxygens (including phenoxy) is 2. The van der Waals surface area contributed by atoms with Gasteiger partial charge in [0.1, 0.15) is 10.6 Å². The second-order valence-corrected chi connectivity index (χ2v) is 8.37. The van der Waals surface area contributed by atoms with Crippen LogP contribution in [0, 0.1) is 0 Å². The summed E-state index contributed by atoms with van der Waals surface area (Å²) in [7, 11) is -4.19. The lowest BCUT2D eigenvalue weighted by Gasteiger charge is -2.27. The van der Waals surface area contributed by atoms with E-state index in [2.05, 4.69) is 21.4 Å². The van der Waals surface area contributed by atoms with Gasteiger partial charge in [0.25, 0.3) is 15.9 Å². The lowest BCUT2D eigenvalue weighted by Crippen LogP contribution is -2.37. The molecule has 0 aliphatic carbocycles. The summed E-state index contributed by atoms with van der Waals surface area (Å²) in [4.78, 5) is 11.7. The molecular formula is C19H17ClF2N2O5S. The van der Waals surface area contributed by atoms with Gasteiger partial charge in [-0.1, -0.05) is 25.1 Å². The number of carbonyl (C=O) groups is 1. The highest BCUT2D eigenvalue weighted by atomic mass is 35.5.